The number of benzene rings is 1. The van der Waals surface area contributed by atoms with E-state index in [1.807, 2.05) is 19.1 Å². The highest BCUT2D eigenvalue weighted by atomic mass is 32.1. The lowest BCUT2D eigenvalue weighted by Gasteiger charge is -2.26. The second kappa shape index (κ2) is 6.44. The van der Waals surface area contributed by atoms with E-state index >= 15 is 0 Å². The quantitative estimate of drug-likeness (QED) is 0.745. The number of aliphatic hydroxyl groups excluding tert-OH is 1. The maximum Gasteiger partial charge on any atom is 0.251 e. The molecule has 0 spiro atoms. The van der Waals surface area contributed by atoms with Gasteiger partial charge >= 0.3 is 0 Å². The summed E-state index contributed by atoms with van der Waals surface area (Å²) in [5, 5.41) is 12.6. The molecule has 2 rings (SSSR count). The molecule has 1 saturated carbocycles. The SMILES string of the molecule is Cc1ccc(S)cc1C(=O)NCC1CCCC(O)C1. The molecule has 104 valence electrons. The summed E-state index contributed by atoms with van der Waals surface area (Å²) < 4.78 is 0. The van der Waals surface area contributed by atoms with Gasteiger partial charge in [-0.3, -0.25) is 4.79 Å². The van der Waals surface area contributed by atoms with Crippen LogP contribution < -0.4 is 5.32 Å². The van der Waals surface area contributed by atoms with Gasteiger partial charge in [0.15, 0.2) is 0 Å². The summed E-state index contributed by atoms with van der Waals surface area (Å²) in [6, 6.07) is 5.58. The standard InChI is InChI=1S/C15H21NO2S/c1-10-5-6-13(19)8-14(10)15(18)16-9-11-3-2-4-12(17)7-11/h5-6,8,11-12,17,19H,2-4,7,9H2,1H3,(H,16,18). The number of carbonyl (C=O) groups excluding carboxylic acids is 1. The predicted molar refractivity (Wildman–Crippen MR) is 78.7 cm³/mol. The van der Waals surface area contributed by atoms with Gasteiger partial charge in [-0.25, -0.2) is 0 Å². The average molecular weight is 279 g/mol. The summed E-state index contributed by atoms with van der Waals surface area (Å²) in [5.41, 5.74) is 1.64. The molecule has 0 bridgehead atoms. The second-order valence-electron chi connectivity index (χ2n) is 5.40. The van der Waals surface area contributed by atoms with Gasteiger partial charge in [0.25, 0.3) is 5.91 Å². The van der Waals surface area contributed by atoms with Crippen LogP contribution in [0.25, 0.3) is 0 Å². The van der Waals surface area contributed by atoms with Crippen molar-refractivity contribution in [2.45, 2.75) is 43.6 Å². The Balaban J connectivity index is 1.92. The third-order valence-electron chi connectivity index (χ3n) is 3.77. The molecule has 0 aliphatic heterocycles. The minimum atomic E-state index is -0.196. The van der Waals surface area contributed by atoms with Gasteiger partial charge in [0.1, 0.15) is 0 Å². The second-order valence-corrected chi connectivity index (χ2v) is 5.91. The van der Waals surface area contributed by atoms with Crippen molar-refractivity contribution in [2.75, 3.05) is 6.54 Å². The van der Waals surface area contributed by atoms with Crippen molar-refractivity contribution >= 4 is 18.5 Å². The first-order valence-corrected chi connectivity index (χ1v) is 7.27. The Hall–Kier alpha value is -1.00. The Labute approximate surface area is 119 Å². The van der Waals surface area contributed by atoms with Crippen molar-refractivity contribution in [3.63, 3.8) is 0 Å². The Morgan fingerprint density at radius 2 is 2.26 bits per heavy atom. The van der Waals surface area contributed by atoms with Gasteiger partial charge < -0.3 is 10.4 Å². The fourth-order valence-electron chi connectivity index (χ4n) is 2.63. The monoisotopic (exact) mass is 279 g/mol. The number of aliphatic hydroxyl groups is 1. The molecule has 1 aromatic rings. The smallest absolute Gasteiger partial charge is 0.251 e. The number of hydrogen-bond donors (Lipinski definition) is 3. The van der Waals surface area contributed by atoms with Crippen LogP contribution in [0.3, 0.4) is 0 Å². The molecule has 1 amide bonds. The molecule has 0 radical (unpaired) electrons. The third-order valence-corrected chi connectivity index (χ3v) is 4.05. The highest BCUT2D eigenvalue weighted by Gasteiger charge is 2.21. The summed E-state index contributed by atoms with van der Waals surface area (Å²) in [7, 11) is 0. The van der Waals surface area contributed by atoms with Crippen molar-refractivity contribution in [3.05, 3.63) is 29.3 Å². The van der Waals surface area contributed by atoms with E-state index in [4.69, 9.17) is 0 Å². The van der Waals surface area contributed by atoms with Gasteiger partial charge in [0, 0.05) is 17.0 Å². The molecule has 3 nitrogen and oxygen atoms in total. The molecule has 1 aliphatic rings. The number of aryl methyl sites for hydroxylation is 1. The normalized spacial score (nSPS) is 23.1. The number of nitrogens with one attached hydrogen (secondary N) is 1. The van der Waals surface area contributed by atoms with Crippen LogP contribution in [0.4, 0.5) is 0 Å². The molecule has 1 fully saturated rings. The zero-order valence-electron chi connectivity index (χ0n) is 11.2. The Morgan fingerprint density at radius 3 is 3.00 bits per heavy atom. The molecule has 0 saturated heterocycles. The first-order chi connectivity index (χ1) is 9.06. The lowest BCUT2D eigenvalue weighted by molar-refractivity contribution is 0.0873. The van der Waals surface area contributed by atoms with Crippen LogP contribution in [-0.2, 0) is 0 Å². The van der Waals surface area contributed by atoms with E-state index in [-0.39, 0.29) is 12.0 Å². The van der Waals surface area contributed by atoms with Gasteiger partial charge in [-0.2, -0.15) is 0 Å². The average Bonchev–Trinajstić information content (AvgIpc) is 2.39. The van der Waals surface area contributed by atoms with Crippen LogP contribution in [0.15, 0.2) is 23.1 Å². The molecule has 4 heteroatoms. The minimum absolute atomic E-state index is 0.0477. The Kier molecular flexibility index (Phi) is 4.88. The number of thiol groups is 1. The molecule has 1 aliphatic carbocycles. The molecular formula is C15H21NO2S. The topological polar surface area (TPSA) is 49.3 Å². The van der Waals surface area contributed by atoms with E-state index in [2.05, 4.69) is 17.9 Å². The van der Waals surface area contributed by atoms with E-state index in [0.29, 0.717) is 18.0 Å². The largest absolute Gasteiger partial charge is 0.393 e. The van der Waals surface area contributed by atoms with Crippen molar-refractivity contribution in [1.29, 1.82) is 0 Å². The first kappa shape index (κ1) is 14.4. The fraction of sp³-hybridized carbons (Fsp3) is 0.533. The molecule has 0 aromatic heterocycles. The summed E-state index contributed by atoms with van der Waals surface area (Å²) in [6.45, 7) is 2.57. The summed E-state index contributed by atoms with van der Waals surface area (Å²) in [5.74, 6) is 0.348. The Morgan fingerprint density at radius 1 is 1.47 bits per heavy atom. The molecule has 1 aromatic carbocycles. The maximum absolute atomic E-state index is 12.1. The van der Waals surface area contributed by atoms with Gasteiger partial charge in [0.2, 0.25) is 0 Å². The summed E-state index contributed by atoms with van der Waals surface area (Å²) in [6.07, 6.45) is 3.63. The number of hydrogen-bond acceptors (Lipinski definition) is 3. The van der Waals surface area contributed by atoms with Crippen LogP contribution in [0.2, 0.25) is 0 Å². The number of carbonyl (C=O) groups is 1. The number of amides is 1. The van der Waals surface area contributed by atoms with E-state index in [1.54, 1.807) is 6.07 Å². The molecular weight excluding hydrogens is 258 g/mol. The van der Waals surface area contributed by atoms with E-state index in [0.717, 1.165) is 36.1 Å². The molecule has 2 atom stereocenters. The van der Waals surface area contributed by atoms with Gasteiger partial charge in [-0.15, -0.1) is 12.6 Å². The molecule has 19 heavy (non-hydrogen) atoms. The zero-order chi connectivity index (χ0) is 13.8. The van der Waals surface area contributed by atoms with Crippen molar-refractivity contribution in [2.24, 2.45) is 5.92 Å². The summed E-state index contributed by atoms with van der Waals surface area (Å²) in [4.78, 5) is 12.9. The van der Waals surface area contributed by atoms with E-state index in [1.165, 1.54) is 0 Å². The first-order valence-electron chi connectivity index (χ1n) is 6.82. The Bertz CT molecular complexity index is 461. The molecule has 2 N–H and O–H groups in total. The molecule has 0 heterocycles. The minimum Gasteiger partial charge on any atom is -0.393 e. The van der Waals surface area contributed by atoms with Gasteiger partial charge in [0.05, 0.1) is 6.10 Å². The molecule has 2 unspecified atom stereocenters. The van der Waals surface area contributed by atoms with Gasteiger partial charge in [-0.05, 0) is 49.8 Å². The number of rotatable bonds is 3. The van der Waals surface area contributed by atoms with Crippen LogP contribution in [0.5, 0.6) is 0 Å². The van der Waals surface area contributed by atoms with Crippen molar-refractivity contribution in [1.82, 2.24) is 5.32 Å². The third kappa shape index (κ3) is 3.98. The van der Waals surface area contributed by atoms with Crippen LogP contribution >= 0.6 is 12.6 Å². The predicted octanol–water partition coefficient (Wildman–Crippen LogP) is 2.56. The van der Waals surface area contributed by atoms with Gasteiger partial charge in [-0.1, -0.05) is 12.5 Å². The lowest BCUT2D eigenvalue weighted by Crippen LogP contribution is -2.33. The zero-order valence-corrected chi connectivity index (χ0v) is 12.1. The summed E-state index contributed by atoms with van der Waals surface area (Å²) >= 11 is 4.26. The maximum atomic E-state index is 12.1. The fourth-order valence-corrected chi connectivity index (χ4v) is 2.84. The van der Waals surface area contributed by atoms with Crippen LogP contribution in [0, 0.1) is 12.8 Å². The highest BCUT2D eigenvalue weighted by Crippen LogP contribution is 2.23. The van der Waals surface area contributed by atoms with Crippen LogP contribution in [-0.4, -0.2) is 23.7 Å². The van der Waals surface area contributed by atoms with Crippen molar-refractivity contribution in [3.8, 4) is 0 Å². The highest BCUT2D eigenvalue weighted by molar-refractivity contribution is 7.80. The van der Waals surface area contributed by atoms with Crippen LogP contribution in [0.1, 0.15) is 41.6 Å². The van der Waals surface area contributed by atoms with E-state index in [9.17, 15) is 9.90 Å². The van der Waals surface area contributed by atoms with E-state index < -0.39 is 0 Å². The van der Waals surface area contributed by atoms with Crippen molar-refractivity contribution < 1.29 is 9.90 Å². The lowest BCUT2D eigenvalue weighted by atomic mass is 9.87.